The number of primary amides is 1. The maximum absolute atomic E-state index is 11.7. The summed E-state index contributed by atoms with van der Waals surface area (Å²) in [5.74, 6) is 0.750. The highest BCUT2D eigenvalue weighted by Crippen LogP contribution is 2.33. The topological polar surface area (TPSA) is 122 Å². The van der Waals surface area contributed by atoms with Crippen molar-refractivity contribution in [3.05, 3.63) is 65.4 Å². The van der Waals surface area contributed by atoms with Crippen molar-refractivity contribution >= 4 is 28.3 Å². The third kappa shape index (κ3) is 3.04. The molecule has 0 radical (unpaired) electrons. The number of aromatic nitrogens is 4. The number of aromatic amines is 1. The fraction of sp³-hybridized carbons (Fsp3) is 0.143. The van der Waals surface area contributed by atoms with E-state index in [1.165, 1.54) is 0 Å². The molecule has 0 unspecified atom stereocenters. The summed E-state index contributed by atoms with van der Waals surface area (Å²) < 4.78 is 0. The molecule has 0 saturated carbocycles. The summed E-state index contributed by atoms with van der Waals surface area (Å²) in [5, 5.41) is 14.8. The summed E-state index contributed by atoms with van der Waals surface area (Å²) >= 11 is 0. The number of H-pyrrole nitrogens is 1. The zero-order valence-electron chi connectivity index (χ0n) is 15.6. The van der Waals surface area contributed by atoms with Crippen LogP contribution in [0.15, 0.2) is 48.5 Å². The lowest BCUT2D eigenvalue weighted by Crippen LogP contribution is -2.11. The summed E-state index contributed by atoms with van der Waals surface area (Å²) in [6, 6.07) is 15.5. The van der Waals surface area contributed by atoms with E-state index in [1.54, 1.807) is 12.1 Å². The zero-order chi connectivity index (χ0) is 19.8. The summed E-state index contributed by atoms with van der Waals surface area (Å²) in [6.07, 6.45) is 0.819. The molecule has 2 aromatic carbocycles. The Labute approximate surface area is 166 Å². The molecule has 0 aliphatic carbocycles. The fourth-order valence-corrected chi connectivity index (χ4v) is 3.61. The van der Waals surface area contributed by atoms with E-state index in [-0.39, 0.29) is 0 Å². The SMILES string of the molecule is NC(=O)c1cccc2c(-c3nc4c(c(NCc5ccccc5)n3)NCC4)n[nH]c12. The molecule has 1 aliphatic rings. The van der Waals surface area contributed by atoms with Crippen molar-refractivity contribution in [3.8, 4) is 11.5 Å². The fourth-order valence-electron chi connectivity index (χ4n) is 3.61. The number of anilines is 2. The number of carbonyl (C=O) groups is 1. The van der Waals surface area contributed by atoms with Crippen molar-refractivity contribution in [2.75, 3.05) is 17.2 Å². The van der Waals surface area contributed by atoms with Gasteiger partial charge < -0.3 is 16.4 Å². The number of carbonyl (C=O) groups excluding carboxylic acids is 1. The van der Waals surface area contributed by atoms with Crippen molar-refractivity contribution in [2.24, 2.45) is 5.73 Å². The molecule has 2 aromatic heterocycles. The van der Waals surface area contributed by atoms with Crippen LogP contribution in [0.2, 0.25) is 0 Å². The maximum Gasteiger partial charge on any atom is 0.250 e. The van der Waals surface area contributed by atoms with Crippen molar-refractivity contribution in [2.45, 2.75) is 13.0 Å². The molecule has 1 amide bonds. The van der Waals surface area contributed by atoms with Crippen LogP contribution in [0.1, 0.15) is 21.6 Å². The number of rotatable bonds is 5. The van der Waals surface area contributed by atoms with Gasteiger partial charge in [0, 0.05) is 24.9 Å². The minimum absolute atomic E-state index is 0.395. The van der Waals surface area contributed by atoms with E-state index < -0.39 is 5.91 Å². The standard InChI is InChI=1S/C21H19N7O/c22-19(29)14-8-4-7-13-16(14)27-28-17(13)21-25-15-9-10-23-18(15)20(26-21)24-11-12-5-2-1-3-6-12/h1-8,23H,9-11H2,(H2,22,29)(H,27,28)(H,24,25,26). The Morgan fingerprint density at radius 1 is 1.10 bits per heavy atom. The first-order chi connectivity index (χ1) is 14.2. The number of hydrogen-bond acceptors (Lipinski definition) is 6. The molecule has 8 nitrogen and oxygen atoms in total. The average Bonchev–Trinajstić information content (AvgIpc) is 3.39. The Morgan fingerprint density at radius 2 is 1.97 bits per heavy atom. The molecule has 1 aliphatic heterocycles. The molecule has 5 rings (SSSR count). The second-order valence-electron chi connectivity index (χ2n) is 6.90. The van der Waals surface area contributed by atoms with Gasteiger partial charge in [0.05, 0.1) is 22.5 Å². The van der Waals surface area contributed by atoms with Gasteiger partial charge in [0.2, 0.25) is 0 Å². The van der Waals surface area contributed by atoms with Crippen molar-refractivity contribution in [1.82, 2.24) is 20.2 Å². The lowest BCUT2D eigenvalue weighted by molar-refractivity contribution is 0.100. The molecule has 0 fully saturated rings. The van der Waals surface area contributed by atoms with Gasteiger partial charge in [-0.15, -0.1) is 0 Å². The Bertz CT molecular complexity index is 1220. The molecular weight excluding hydrogens is 366 g/mol. The number of para-hydroxylation sites is 1. The predicted octanol–water partition coefficient (Wildman–Crippen LogP) is 2.70. The quantitative estimate of drug-likeness (QED) is 0.419. The molecule has 5 N–H and O–H groups in total. The van der Waals surface area contributed by atoms with Gasteiger partial charge in [0.15, 0.2) is 11.6 Å². The number of nitrogens with two attached hydrogens (primary N) is 1. The van der Waals surface area contributed by atoms with E-state index in [0.29, 0.717) is 29.1 Å². The normalized spacial score (nSPS) is 12.6. The molecule has 0 bridgehead atoms. The highest BCUT2D eigenvalue weighted by Gasteiger charge is 2.22. The average molecular weight is 385 g/mol. The lowest BCUT2D eigenvalue weighted by atomic mass is 10.1. The van der Waals surface area contributed by atoms with Gasteiger partial charge in [-0.25, -0.2) is 9.97 Å². The molecular formula is C21H19N7O. The Kier molecular flexibility index (Phi) is 4.09. The summed E-state index contributed by atoms with van der Waals surface area (Å²) in [6.45, 7) is 1.47. The van der Waals surface area contributed by atoms with Crippen molar-refractivity contribution < 1.29 is 4.79 Å². The highest BCUT2D eigenvalue weighted by atomic mass is 16.1. The van der Waals surface area contributed by atoms with Gasteiger partial charge in [-0.3, -0.25) is 9.89 Å². The number of nitrogens with zero attached hydrogens (tertiary/aromatic N) is 3. The first kappa shape index (κ1) is 17.2. The highest BCUT2D eigenvalue weighted by molar-refractivity contribution is 6.07. The number of hydrogen-bond donors (Lipinski definition) is 4. The van der Waals surface area contributed by atoms with Crippen LogP contribution >= 0.6 is 0 Å². The molecule has 3 heterocycles. The van der Waals surface area contributed by atoms with Crippen LogP contribution in [0.5, 0.6) is 0 Å². The van der Waals surface area contributed by atoms with Gasteiger partial charge in [-0.2, -0.15) is 5.10 Å². The van der Waals surface area contributed by atoms with Crippen LogP contribution in [0.3, 0.4) is 0 Å². The monoisotopic (exact) mass is 385 g/mol. The van der Waals surface area contributed by atoms with Gasteiger partial charge in [-0.1, -0.05) is 42.5 Å². The molecule has 4 aromatic rings. The van der Waals surface area contributed by atoms with Crippen LogP contribution in [-0.4, -0.2) is 32.6 Å². The van der Waals surface area contributed by atoms with Gasteiger partial charge in [0.25, 0.3) is 5.91 Å². The second-order valence-corrected chi connectivity index (χ2v) is 6.90. The Morgan fingerprint density at radius 3 is 2.79 bits per heavy atom. The van der Waals surface area contributed by atoms with Crippen LogP contribution in [-0.2, 0) is 13.0 Å². The van der Waals surface area contributed by atoms with Crippen molar-refractivity contribution in [3.63, 3.8) is 0 Å². The molecule has 0 spiro atoms. The second kappa shape index (κ2) is 6.90. The van der Waals surface area contributed by atoms with E-state index in [1.807, 2.05) is 24.3 Å². The number of benzene rings is 2. The van der Waals surface area contributed by atoms with E-state index in [2.05, 4.69) is 33.0 Å². The van der Waals surface area contributed by atoms with Crippen molar-refractivity contribution in [1.29, 1.82) is 0 Å². The van der Waals surface area contributed by atoms with Crippen LogP contribution < -0.4 is 16.4 Å². The molecule has 8 heteroatoms. The van der Waals surface area contributed by atoms with Crippen LogP contribution in [0.4, 0.5) is 11.5 Å². The molecule has 0 saturated heterocycles. The molecule has 144 valence electrons. The Hall–Kier alpha value is -3.94. The van der Waals surface area contributed by atoms with E-state index in [9.17, 15) is 4.79 Å². The first-order valence-corrected chi connectivity index (χ1v) is 9.40. The zero-order valence-corrected chi connectivity index (χ0v) is 15.6. The smallest absolute Gasteiger partial charge is 0.250 e. The van der Waals surface area contributed by atoms with Gasteiger partial charge in [-0.05, 0) is 11.6 Å². The Balaban J connectivity index is 1.57. The van der Waals surface area contributed by atoms with E-state index in [4.69, 9.17) is 15.7 Å². The third-order valence-corrected chi connectivity index (χ3v) is 5.03. The predicted molar refractivity (Wildman–Crippen MR) is 112 cm³/mol. The number of fused-ring (bicyclic) bond motifs is 2. The molecule has 29 heavy (non-hydrogen) atoms. The summed E-state index contributed by atoms with van der Waals surface area (Å²) in [5.41, 5.74) is 10.1. The molecule has 0 atom stereocenters. The lowest BCUT2D eigenvalue weighted by Gasteiger charge is -2.12. The minimum Gasteiger partial charge on any atom is -0.380 e. The maximum atomic E-state index is 11.7. The van der Waals surface area contributed by atoms with Crippen LogP contribution in [0.25, 0.3) is 22.4 Å². The first-order valence-electron chi connectivity index (χ1n) is 9.40. The number of nitrogens with one attached hydrogen (secondary N) is 3. The van der Waals surface area contributed by atoms with Crippen LogP contribution in [0, 0.1) is 0 Å². The minimum atomic E-state index is -0.505. The third-order valence-electron chi connectivity index (χ3n) is 5.03. The summed E-state index contributed by atoms with van der Waals surface area (Å²) in [4.78, 5) is 21.2. The number of amides is 1. The van der Waals surface area contributed by atoms with Gasteiger partial charge in [0.1, 0.15) is 5.69 Å². The summed E-state index contributed by atoms with van der Waals surface area (Å²) in [7, 11) is 0. The van der Waals surface area contributed by atoms with E-state index >= 15 is 0 Å². The van der Waals surface area contributed by atoms with E-state index in [0.717, 1.165) is 41.1 Å². The largest absolute Gasteiger partial charge is 0.380 e. The van der Waals surface area contributed by atoms with Gasteiger partial charge >= 0.3 is 0 Å².